The van der Waals surface area contributed by atoms with Gasteiger partial charge in [0.2, 0.25) is 0 Å². The van der Waals surface area contributed by atoms with E-state index in [1.165, 1.54) is 0 Å². The number of hydrogen-bond donors (Lipinski definition) is 3. The van der Waals surface area contributed by atoms with Crippen LogP contribution in [0.1, 0.15) is 19.4 Å². The van der Waals surface area contributed by atoms with Crippen molar-refractivity contribution < 1.29 is 9.53 Å². The highest BCUT2D eigenvalue weighted by atomic mass is 16.5. The van der Waals surface area contributed by atoms with E-state index in [9.17, 15) is 9.59 Å². The van der Waals surface area contributed by atoms with E-state index < -0.39 is 6.09 Å². The number of nitrogens with one attached hydrogen (secondary N) is 3. The number of amides is 1. The largest absolute Gasteiger partial charge is 0.450 e. The third-order valence-corrected chi connectivity index (χ3v) is 3.60. The minimum absolute atomic E-state index is 0.0721. The van der Waals surface area contributed by atoms with Crippen molar-refractivity contribution >= 4 is 29.0 Å². The molecule has 7 nitrogen and oxygen atoms in total. The van der Waals surface area contributed by atoms with Gasteiger partial charge in [-0.2, -0.15) is 0 Å². The lowest BCUT2D eigenvalue weighted by atomic mass is 10.0. The van der Waals surface area contributed by atoms with Crippen LogP contribution >= 0.6 is 0 Å². The number of fused-ring (bicyclic) bond motifs is 1. The summed E-state index contributed by atoms with van der Waals surface area (Å²) >= 11 is 0. The normalized spacial score (nSPS) is 15.8. The number of aromatic amines is 1. The molecule has 0 bridgehead atoms. The first-order valence-corrected chi connectivity index (χ1v) is 7.70. The topological polar surface area (TPSA) is 95.6 Å². The molecule has 2 aromatic rings. The van der Waals surface area contributed by atoms with Crippen molar-refractivity contribution in [3.8, 4) is 0 Å². The maximum atomic E-state index is 12.3. The Bertz CT molecular complexity index is 843. The average molecular weight is 326 g/mol. The third-order valence-electron chi connectivity index (χ3n) is 3.60. The van der Waals surface area contributed by atoms with Crippen LogP contribution in [0, 0.1) is 0 Å². The van der Waals surface area contributed by atoms with E-state index in [-0.39, 0.29) is 24.0 Å². The number of anilines is 2. The number of carbonyl (C=O) groups excluding carboxylic acids is 1. The van der Waals surface area contributed by atoms with Crippen LogP contribution in [0.3, 0.4) is 0 Å². The molecule has 124 valence electrons. The SMILES string of the molecule is CCOC(=O)Nc1cc2c(c(=O)[nH]1)N=C(c1ccccc1)[C@H](C)N2. The van der Waals surface area contributed by atoms with Gasteiger partial charge in [0.05, 0.1) is 24.0 Å². The van der Waals surface area contributed by atoms with Gasteiger partial charge in [-0.3, -0.25) is 10.1 Å². The standard InChI is InChI=1S/C17H18N4O3/c1-3-24-17(23)20-13-9-12-15(16(22)19-13)21-14(10(2)18-12)11-7-5-4-6-8-11/h4-10,18H,3H2,1-2H3,(H2,19,20,22,23)/t10-/m0/s1. The predicted octanol–water partition coefficient (Wildman–Crippen LogP) is 2.88. The number of ether oxygens (including phenoxy) is 1. The summed E-state index contributed by atoms with van der Waals surface area (Å²) in [7, 11) is 0. The molecule has 0 saturated heterocycles. The maximum absolute atomic E-state index is 12.3. The Hall–Kier alpha value is -3.09. The van der Waals surface area contributed by atoms with Crippen molar-refractivity contribution in [3.05, 3.63) is 52.3 Å². The minimum atomic E-state index is -0.620. The fourth-order valence-corrected chi connectivity index (χ4v) is 2.56. The highest BCUT2D eigenvalue weighted by Crippen LogP contribution is 2.29. The molecule has 1 amide bonds. The Kier molecular flexibility index (Phi) is 4.33. The van der Waals surface area contributed by atoms with Crippen LogP contribution in [0.25, 0.3) is 0 Å². The zero-order valence-corrected chi connectivity index (χ0v) is 13.4. The maximum Gasteiger partial charge on any atom is 0.412 e. The summed E-state index contributed by atoms with van der Waals surface area (Å²) in [5, 5.41) is 5.74. The zero-order chi connectivity index (χ0) is 17.1. The molecule has 1 aliphatic heterocycles. The highest BCUT2D eigenvalue weighted by molar-refractivity contribution is 6.09. The van der Waals surface area contributed by atoms with Gasteiger partial charge in [0.1, 0.15) is 5.82 Å². The smallest absolute Gasteiger partial charge is 0.412 e. The van der Waals surface area contributed by atoms with Gasteiger partial charge >= 0.3 is 6.09 Å². The fraction of sp³-hybridized carbons (Fsp3) is 0.235. The molecule has 24 heavy (non-hydrogen) atoms. The summed E-state index contributed by atoms with van der Waals surface area (Å²) in [4.78, 5) is 30.9. The van der Waals surface area contributed by atoms with Crippen LogP contribution in [0.4, 0.5) is 22.0 Å². The van der Waals surface area contributed by atoms with Crippen molar-refractivity contribution in [1.82, 2.24) is 4.98 Å². The Labute approximate surface area is 138 Å². The molecule has 0 fully saturated rings. The van der Waals surface area contributed by atoms with Crippen LogP contribution in [0.5, 0.6) is 0 Å². The van der Waals surface area contributed by atoms with E-state index in [0.717, 1.165) is 11.3 Å². The van der Waals surface area contributed by atoms with Crippen molar-refractivity contribution in [2.75, 3.05) is 17.2 Å². The first-order chi connectivity index (χ1) is 11.6. The average Bonchev–Trinajstić information content (AvgIpc) is 2.55. The van der Waals surface area contributed by atoms with Crippen molar-refractivity contribution in [2.45, 2.75) is 19.9 Å². The Morgan fingerprint density at radius 2 is 2.08 bits per heavy atom. The number of aromatic nitrogens is 1. The molecule has 3 N–H and O–H groups in total. The molecule has 1 aromatic heterocycles. The minimum Gasteiger partial charge on any atom is -0.450 e. The van der Waals surface area contributed by atoms with Gasteiger partial charge in [0.25, 0.3) is 5.56 Å². The molecule has 0 unspecified atom stereocenters. The molecule has 1 atom stereocenters. The number of aliphatic imine (C=N–C) groups is 1. The summed E-state index contributed by atoms with van der Waals surface area (Å²) < 4.78 is 4.81. The number of pyridine rings is 1. The number of H-pyrrole nitrogens is 1. The summed E-state index contributed by atoms with van der Waals surface area (Å²) in [6, 6.07) is 11.2. The van der Waals surface area contributed by atoms with E-state index in [4.69, 9.17) is 4.74 Å². The van der Waals surface area contributed by atoms with Gasteiger partial charge in [-0.1, -0.05) is 30.3 Å². The quantitative estimate of drug-likeness (QED) is 0.808. The zero-order valence-electron chi connectivity index (χ0n) is 13.4. The Morgan fingerprint density at radius 1 is 1.33 bits per heavy atom. The van der Waals surface area contributed by atoms with Crippen LogP contribution in [0.15, 0.2) is 46.2 Å². The number of carbonyl (C=O) groups is 1. The lowest BCUT2D eigenvalue weighted by Gasteiger charge is -2.24. The molecule has 0 radical (unpaired) electrons. The van der Waals surface area contributed by atoms with Crippen molar-refractivity contribution in [3.63, 3.8) is 0 Å². The highest BCUT2D eigenvalue weighted by Gasteiger charge is 2.22. The van der Waals surface area contributed by atoms with E-state index in [0.29, 0.717) is 11.4 Å². The van der Waals surface area contributed by atoms with Gasteiger partial charge in [-0.15, -0.1) is 0 Å². The fourth-order valence-electron chi connectivity index (χ4n) is 2.56. The summed E-state index contributed by atoms with van der Waals surface area (Å²) in [5.74, 6) is 0.260. The molecule has 0 spiro atoms. The number of rotatable bonds is 3. The van der Waals surface area contributed by atoms with Gasteiger partial charge in [0, 0.05) is 6.07 Å². The van der Waals surface area contributed by atoms with Gasteiger partial charge in [-0.05, 0) is 19.4 Å². The molecule has 0 aliphatic carbocycles. The van der Waals surface area contributed by atoms with Crippen molar-refractivity contribution in [2.24, 2.45) is 4.99 Å². The van der Waals surface area contributed by atoms with Gasteiger partial charge < -0.3 is 15.0 Å². The van der Waals surface area contributed by atoms with E-state index in [1.807, 2.05) is 37.3 Å². The first kappa shape index (κ1) is 15.8. The predicted molar refractivity (Wildman–Crippen MR) is 93.4 cm³/mol. The molecule has 3 rings (SSSR count). The molecule has 0 saturated carbocycles. The van der Waals surface area contributed by atoms with Crippen LogP contribution < -0.4 is 16.2 Å². The lowest BCUT2D eigenvalue weighted by molar-refractivity contribution is 0.168. The first-order valence-electron chi connectivity index (χ1n) is 7.70. The van der Waals surface area contributed by atoms with Gasteiger partial charge in [0.15, 0.2) is 5.69 Å². The second-order valence-electron chi connectivity index (χ2n) is 5.35. The van der Waals surface area contributed by atoms with E-state index in [2.05, 4.69) is 20.6 Å². The van der Waals surface area contributed by atoms with Crippen molar-refractivity contribution in [1.29, 1.82) is 0 Å². The lowest BCUT2D eigenvalue weighted by Crippen LogP contribution is -2.31. The number of benzene rings is 1. The Morgan fingerprint density at radius 3 is 2.79 bits per heavy atom. The molecular formula is C17H18N4O3. The molecule has 1 aromatic carbocycles. The van der Waals surface area contributed by atoms with Crippen LogP contribution in [-0.4, -0.2) is 29.4 Å². The third kappa shape index (κ3) is 3.15. The number of hydrogen-bond acceptors (Lipinski definition) is 5. The summed E-state index contributed by atoms with van der Waals surface area (Å²) in [6.45, 7) is 3.92. The second kappa shape index (κ2) is 6.57. The van der Waals surface area contributed by atoms with Gasteiger partial charge in [-0.25, -0.2) is 9.79 Å². The molecule has 7 heteroatoms. The summed E-state index contributed by atoms with van der Waals surface area (Å²) in [6.07, 6.45) is -0.620. The molecule has 1 aliphatic rings. The van der Waals surface area contributed by atoms with E-state index in [1.54, 1.807) is 13.0 Å². The Balaban J connectivity index is 1.97. The monoisotopic (exact) mass is 326 g/mol. The summed E-state index contributed by atoms with van der Waals surface area (Å²) in [5.41, 5.74) is 2.22. The van der Waals surface area contributed by atoms with E-state index >= 15 is 0 Å². The molecule has 2 heterocycles. The molecular weight excluding hydrogens is 308 g/mol. The van der Waals surface area contributed by atoms with Crippen LogP contribution in [-0.2, 0) is 4.74 Å². The second-order valence-corrected chi connectivity index (χ2v) is 5.35. The number of nitrogens with zero attached hydrogens (tertiary/aromatic N) is 1. The van der Waals surface area contributed by atoms with Crippen LogP contribution in [0.2, 0.25) is 0 Å².